The minimum atomic E-state index is -0.350. The van der Waals surface area contributed by atoms with Crippen molar-refractivity contribution in [1.82, 2.24) is 19.9 Å². The van der Waals surface area contributed by atoms with Crippen molar-refractivity contribution in [1.29, 1.82) is 0 Å². The topological polar surface area (TPSA) is 116 Å². The van der Waals surface area contributed by atoms with Crippen molar-refractivity contribution in [2.75, 3.05) is 11.6 Å². The zero-order valence-electron chi connectivity index (χ0n) is 18.6. The maximum Gasteiger partial charge on any atom is 0.253 e. The molecule has 10 heteroatoms. The SMILES string of the molecule is CC(C)(C)c1nnc(SCC(=O)N2N=C(c3cc4ccccc4o3)CC2c2ccco2)n1N. The van der Waals surface area contributed by atoms with E-state index in [0.717, 1.165) is 11.0 Å². The zero-order chi connectivity index (χ0) is 23.2. The van der Waals surface area contributed by atoms with E-state index in [-0.39, 0.29) is 23.1 Å². The number of thioether (sulfide) groups is 1. The number of amides is 1. The molecule has 4 aromatic rings. The zero-order valence-corrected chi connectivity index (χ0v) is 19.4. The number of hydrazone groups is 1. The van der Waals surface area contributed by atoms with Gasteiger partial charge in [-0.2, -0.15) is 5.10 Å². The molecular weight excluding hydrogens is 440 g/mol. The molecule has 0 fully saturated rings. The minimum absolute atomic E-state index is 0.105. The summed E-state index contributed by atoms with van der Waals surface area (Å²) in [5, 5.41) is 15.9. The summed E-state index contributed by atoms with van der Waals surface area (Å²) in [5.74, 6) is 8.04. The number of para-hydroxylation sites is 1. The molecule has 170 valence electrons. The lowest BCUT2D eigenvalue weighted by atomic mass is 9.96. The van der Waals surface area contributed by atoms with Gasteiger partial charge < -0.3 is 14.7 Å². The minimum Gasteiger partial charge on any atom is -0.467 e. The highest BCUT2D eigenvalue weighted by atomic mass is 32.2. The smallest absolute Gasteiger partial charge is 0.253 e. The molecule has 0 saturated heterocycles. The molecule has 1 atom stereocenters. The van der Waals surface area contributed by atoms with Crippen LogP contribution in [-0.2, 0) is 10.2 Å². The monoisotopic (exact) mass is 464 g/mol. The van der Waals surface area contributed by atoms with Crippen molar-refractivity contribution in [3.8, 4) is 0 Å². The normalized spacial score (nSPS) is 16.5. The molecule has 1 aliphatic rings. The van der Waals surface area contributed by atoms with Crippen molar-refractivity contribution in [3.05, 3.63) is 66.1 Å². The number of benzene rings is 1. The van der Waals surface area contributed by atoms with Gasteiger partial charge in [0.15, 0.2) is 11.6 Å². The predicted molar refractivity (Wildman–Crippen MR) is 125 cm³/mol. The Balaban J connectivity index is 1.39. The molecule has 33 heavy (non-hydrogen) atoms. The Morgan fingerprint density at radius 2 is 2.03 bits per heavy atom. The van der Waals surface area contributed by atoms with E-state index in [4.69, 9.17) is 14.7 Å². The van der Waals surface area contributed by atoms with Crippen LogP contribution >= 0.6 is 11.8 Å². The van der Waals surface area contributed by atoms with Crippen LogP contribution in [0.25, 0.3) is 11.0 Å². The molecule has 2 N–H and O–H groups in total. The number of nitrogens with two attached hydrogens (primary N) is 1. The molecule has 0 bridgehead atoms. The molecule has 0 saturated carbocycles. The van der Waals surface area contributed by atoms with Crippen LogP contribution in [0.3, 0.4) is 0 Å². The van der Waals surface area contributed by atoms with Gasteiger partial charge in [-0.05, 0) is 24.3 Å². The van der Waals surface area contributed by atoms with Crippen LogP contribution in [0, 0.1) is 0 Å². The van der Waals surface area contributed by atoms with E-state index in [2.05, 4.69) is 15.3 Å². The molecule has 3 aromatic heterocycles. The average Bonchev–Trinajstić information content (AvgIpc) is 3.56. The number of fused-ring (bicyclic) bond motifs is 1. The Morgan fingerprint density at radius 3 is 2.73 bits per heavy atom. The third kappa shape index (κ3) is 4.02. The fraction of sp³-hybridized carbons (Fsp3) is 0.304. The summed E-state index contributed by atoms with van der Waals surface area (Å²) in [6.07, 6.45) is 2.09. The molecule has 9 nitrogen and oxygen atoms in total. The Labute approximate surface area is 194 Å². The summed E-state index contributed by atoms with van der Waals surface area (Å²) in [6.45, 7) is 6.02. The highest BCUT2D eigenvalue weighted by molar-refractivity contribution is 7.99. The van der Waals surface area contributed by atoms with Gasteiger partial charge in [0, 0.05) is 17.2 Å². The number of nitrogen functional groups attached to an aromatic ring is 1. The number of carbonyl (C=O) groups is 1. The Morgan fingerprint density at radius 1 is 1.21 bits per heavy atom. The summed E-state index contributed by atoms with van der Waals surface area (Å²) >= 11 is 1.23. The van der Waals surface area contributed by atoms with Crippen LogP contribution < -0.4 is 5.84 Å². The molecule has 1 unspecified atom stereocenters. The van der Waals surface area contributed by atoms with Gasteiger partial charge in [-0.25, -0.2) is 9.69 Å². The van der Waals surface area contributed by atoms with E-state index in [1.165, 1.54) is 21.4 Å². The standard InChI is InChI=1S/C23H24N6O3S/c1-23(2,3)21-25-26-22(28(21)24)33-13-20(30)29-16(18-9-6-10-31-18)12-15(27-29)19-11-14-7-4-5-8-17(14)32-19/h4-11,16H,12-13,24H2,1-3H3. The van der Waals surface area contributed by atoms with E-state index in [0.29, 0.717) is 34.6 Å². The van der Waals surface area contributed by atoms with E-state index in [1.807, 2.05) is 57.2 Å². The first-order chi connectivity index (χ1) is 15.8. The van der Waals surface area contributed by atoms with Gasteiger partial charge >= 0.3 is 0 Å². The molecule has 0 spiro atoms. The lowest BCUT2D eigenvalue weighted by Crippen LogP contribution is -2.29. The Bertz CT molecular complexity index is 1300. The van der Waals surface area contributed by atoms with Crippen molar-refractivity contribution < 1.29 is 13.6 Å². The van der Waals surface area contributed by atoms with Gasteiger partial charge in [-0.3, -0.25) is 4.79 Å². The molecule has 5 rings (SSSR count). The third-order valence-electron chi connectivity index (χ3n) is 5.41. The van der Waals surface area contributed by atoms with Gasteiger partial charge in [-0.1, -0.05) is 50.7 Å². The van der Waals surface area contributed by atoms with Gasteiger partial charge in [0.1, 0.15) is 23.1 Å². The van der Waals surface area contributed by atoms with Crippen LogP contribution in [0.15, 0.2) is 67.8 Å². The summed E-state index contributed by atoms with van der Waals surface area (Å²) in [5.41, 5.74) is 1.22. The fourth-order valence-corrected chi connectivity index (χ4v) is 4.50. The second-order valence-electron chi connectivity index (χ2n) is 8.88. The highest BCUT2D eigenvalue weighted by Gasteiger charge is 2.36. The van der Waals surface area contributed by atoms with Crippen LogP contribution in [0.4, 0.5) is 0 Å². The number of furan rings is 2. The van der Waals surface area contributed by atoms with E-state index < -0.39 is 0 Å². The molecule has 4 heterocycles. The van der Waals surface area contributed by atoms with Gasteiger partial charge in [0.05, 0.1) is 12.0 Å². The van der Waals surface area contributed by atoms with Crippen LogP contribution in [0.1, 0.15) is 50.6 Å². The average molecular weight is 465 g/mol. The van der Waals surface area contributed by atoms with Crippen molar-refractivity contribution in [2.45, 2.75) is 43.8 Å². The summed E-state index contributed by atoms with van der Waals surface area (Å²) < 4.78 is 13.0. The lowest BCUT2D eigenvalue weighted by molar-refractivity contribution is -0.130. The maximum absolute atomic E-state index is 13.2. The molecule has 0 radical (unpaired) electrons. The van der Waals surface area contributed by atoms with E-state index in [9.17, 15) is 4.79 Å². The van der Waals surface area contributed by atoms with Gasteiger partial charge in [-0.15, -0.1) is 10.2 Å². The summed E-state index contributed by atoms with van der Waals surface area (Å²) in [6, 6.07) is 13.0. The highest BCUT2D eigenvalue weighted by Crippen LogP contribution is 2.35. The number of aromatic nitrogens is 3. The number of carbonyl (C=O) groups excluding carboxylic acids is 1. The molecule has 1 amide bonds. The van der Waals surface area contributed by atoms with Crippen molar-refractivity contribution in [3.63, 3.8) is 0 Å². The number of hydrogen-bond donors (Lipinski definition) is 1. The van der Waals surface area contributed by atoms with Crippen molar-refractivity contribution >= 4 is 34.3 Å². The Kier molecular flexibility index (Phi) is 5.24. The second-order valence-corrected chi connectivity index (χ2v) is 9.83. The number of nitrogens with zero attached hydrogens (tertiary/aromatic N) is 5. The van der Waals surface area contributed by atoms with E-state index in [1.54, 1.807) is 12.3 Å². The Hall–Kier alpha value is -3.53. The van der Waals surface area contributed by atoms with Crippen LogP contribution in [0.2, 0.25) is 0 Å². The predicted octanol–water partition coefficient (Wildman–Crippen LogP) is 4.10. The molecule has 1 aromatic carbocycles. The van der Waals surface area contributed by atoms with Gasteiger partial charge in [0.25, 0.3) is 5.91 Å². The lowest BCUT2D eigenvalue weighted by Gasteiger charge is -2.19. The number of rotatable bonds is 5. The molecule has 1 aliphatic heterocycles. The molecule has 0 aliphatic carbocycles. The van der Waals surface area contributed by atoms with Crippen molar-refractivity contribution in [2.24, 2.45) is 5.10 Å². The second kappa shape index (κ2) is 8.11. The van der Waals surface area contributed by atoms with Gasteiger partial charge in [0.2, 0.25) is 5.16 Å². The largest absolute Gasteiger partial charge is 0.467 e. The summed E-state index contributed by atoms with van der Waals surface area (Å²) in [4.78, 5) is 13.2. The quantitative estimate of drug-likeness (QED) is 0.349. The maximum atomic E-state index is 13.2. The summed E-state index contributed by atoms with van der Waals surface area (Å²) in [7, 11) is 0. The number of hydrogen-bond acceptors (Lipinski definition) is 8. The first-order valence-corrected chi connectivity index (χ1v) is 11.6. The third-order valence-corrected chi connectivity index (χ3v) is 6.34. The first kappa shape index (κ1) is 21.3. The van der Waals surface area contributed by atoms with E-state index >= 15 is 0 Å². The molecular formula is C23H24N6O3S. The van der Waals surface area contributed by atoms with Crippen LogP contribution in [0.5, 0.6) is 0 Å². The van der Waals surface area contributed by atoms with Crippen LogP contribution in [-0.4, -0.2) is 37.3 Å². The first-order valence-electron chi connectivity index (χ1n) is 10.6. The fourth-order valence-electron chi connectivity index (χ4n) is 3.79.